The van der Waals surface area contributed by atoms with Gasteiger partial charge in [-0.1, -0.05) is 18.2 Å². The molecule has 0 unspecified atom stereocenters. The highest BCUT2D eigenvalue weighted by Crippen LogP contribution is 2.37. The monoisotopic (exact) mass is 356 g/mol. The second-order valence-electron chi connectivity index (χ2n) is 6.56. The molecule has 25 heavy (non-hydrogen) atoms. The number of carbonyl (C=O) groups is 2. The van der Waals surface area contributed by atoms with E-state index in [1.807, 2.05) is 24.3 Å². The maximum atomic E-state index is 13.0. The minimum atomic E-state index is -4.58. The summed E-state index contributed by atoms with van der Waals surface area (Å²) in [6, 6.07) is 7.47. The fourth-order valence-electron chi connectivity index (χ4n) is 3.67. The van der Waals surface area contributed by atoms with E-state index < -0.39 is 30.5 Å². The van der Waals surface area contributed by atoms with Crippen LogP contribution in [0.25, 0.3) is 0 Å². The van der Waals surface area contributed by atoms with Crippen LogP contribution in [-0.4, -0.2) is 54.2 Å². The zero-order valence-electron chi connectivity index (χ0n) is 13.5. The van der Waals surface area contributed by atoms with E-state index in [4.69, 9.17) is 5.11 Å². The van der Waals surface area contributed by atoms with Crippen molar-refractivity contribution >= 4 is 17.6 Å². The normalized spacial score (nSPS) is 24.2. The predicted octanol–water partition coefficient (Wildman–Crippen LogP) is 2.16. The van der Waals surface area contributed by atoms with Gasteiger partial charge in [0.2, 0.25) is 5.91 Å². The first-order valence-electron chi connectivity index (χ1n) is 8.17. The van der Waals surface area contributed by atoms with Gasteiger partial charge in [0.1, 0.15) is 0 Å². The smallest absolute Gasteiger partial charge is 0.393 e. The van der Waals surface area contributed by atoms with Crippen LogP contribution in [0.2, 0.25) is 0 Å². The molecular weight excluding hydrogens is 337 g/mol. The number of carboxylic acids is 1. The van der Waals surface area contributed by atoms with Crippen molar-refractivity contribution in [1.82, 2.24) is 4.90 Å². The fraction of sp³-hybridized carbons (Fsp3) is 0.529. The van der Waals surface area contributed by atoms with Crippen molar-refractivity contribution in [1.29, 1.82) is 0 Å². The average molecular weight is 356 g/mol. The zero-order valence-corrected chi connectivity index (χ0v) is 13.5. The van der Waals surface area contributed by atoms with Gasteiger partial charge in [0.15, 0.2) is 0 Å². The molecule has 1 aromatic rings. The van der Waals surface area contributed by atoms with E-state index in [1.54, 1.807) is 4.90 Å². The summed E-state index contributed by atoms with van der Waals surface area (Å²) in [5.74, 6) is -5.23. The number of likely N-dealkylation sites (tertiary alicyclic amines) is 1. The summed E-state index contributed by atoms with van der Waals surface area (Å²) in [6.45, 7) is -0.401. The maximum Gasteiger partial charge on any atom is 0.393 e. The number of hydrogen-bond donors (Lipinski definition) is 1. The second kappa shape index (κ2) is 6.67. The number of aryl methyl sites for hydroxylation is 1. The van der Waals surface area contributed by atoms with E-state index in [1.165, 1.54) is 4.90 Å². The molecule has 1 amide bonds. The van der Waals surface area contributed by atoms with Crippen molar-refractivity contribution in [2.24, 2.45) is 11.8 Å². The van der Waals surface area contributed by atoms with Crippen LogP contribution < -0.4 is 4.90 Å². The van der Waals surface area contributed by atoms with E-state index in [0.717, 1.165) is 24.1 Å². The Hall–Kier alpha value is -2.09. The number of para-hydroxylation sites is 1. The summed E-state index contributed by atoms with van der Waals surface area (Å²) in [6.07, 6.45) is -2.93. The largest absolute Gasteiger partial charge is 0.481 e. The molecule has 0 spiro atoms. The van der Waals surface area contributed by atoms with Gasteiger partial charge in [-0.25, -0.2) is 0 Å². The first-order chi connectivity index (χ1) is 11.8. The van der Waals surface area contributed by atoms with Gasteiger partial charge in [-0.15, -0.1) is 0 Å². The average Bonchev–Trinajstić information content (AvgIpc) is 2.98. The van der Waals surface area contributed by atoms with E-state index in [2.05, 4.69) is 0 Å². The molecule has 0 saturated carbocycles. The number of benzene rings is 1. The number of alkyl halides is 3. The van der Waals surface area contributed by atoms with Crippen LogP contribution in [0.15, 0.2) is 24.3 Å². The van der Waals surface area contributed by atoms with E-state index in [9.17, 15) is 22.8 Å². The number of nitrogens with zero attached hydrogens (tertiary/aromatic N) is 2. The summed E-state index contributed by atoms with van der Waals surface area (Å²) < 4.78 is 39.1. The highest BCUT2D eigenvalue weighted by molar-refractivity contribution is 5.96. The van der Waals surface area contributed by atoms with Gasteiger partial charge in [-0.3, -0.25) is 14.5 Å². The van der Waals surface area contributed by atoms with E-state index >= 15 is 0 Å². The Labute approximate surface area is 143 Å². The molecule has 0 aliphatic carbocycles. The molecule has 1 N–H and O–H groups in total. The third-order valence-corrected chi connectivity index (χ3v) is 4.90. The Kier molecular flexibility index (Phi) is 4.73. The van der Waals surface area contributed by atoms with Crippen LogP contribution in [0.5, 0.6) is 0 Å². The van der Waals surface area contributed by atoms with Crippen molar-refractivity contribution in [3.05, 3.63) is 29.8 Å². The third kappa shape index (κ3) is 3.63. The molecule has 0 aromatic heterocycles. The van der Waals surface area contributed by atoms with Gasteiger partial charge in [0.25, 0.3) is 0 Å². The Morgan fingerprint density at radius 3 is 2.56 bits per heavy atom. The zero-order chi connectivity index (χ0) is 18.2. The quantitative estimate of drug-likeness (QED) is 0.902. The Bertz CT molecular complexity index is 677. The molecule has 0 bridgehead atoms. The maximum absolute atomic E-state index is 13.0. The first-order valence-corrected chi connectivity index (χ1v) is 8.17. The molecule has 2 heterocycles. The van der Waals surface area contributed by atoms with Crippen molar-refractivity contribution < 1.29 is 27.9 Å². The van der Waals surface area contributed by atoms with E-state index in [-0.39, 0.29) is 19.0 Å². The van der Waals surface area contributed by atoms with Crippen LogP contribution in [0, 0.1) is 11.8 Å². The molecule has 3 rings (SSSR count). The standard InChI is InChI=1S/C17H19F3N2O3/c18-17(19,20)13-9-21(8-12(13)16(24)25)10-15(23)22-7-3-5-11-4-1-2-6-14(11)22/h1-2,4,6,12-13H,3,5,7-10H2,(H,24,25)/t12-,13-/m1/s1. The molecular formula is C17H19F3N2O3. The summed E-state index contributed by atoms with van der Waals surface area (Å²) in [7, 11) is 0. The van der Waals surface area contributed by atoms with Gasteiger partial charge in [-0.2, -0.15) is 13.2 Å². The third-order valence-electron chi connectivity index (χ3n) is 4.90. The van der Waals surface area contributed by atoms with Gasteiger partial charge in [-0.05, 0) is 24.5 Å². The van der Waals surface area contributed by atoms with Crippen LogP contribution in [0.1, 0.15) is 12.0 Å². The molecule has 2 aliphatic rings. The van der Waals surface area contributed by atoms with Crippen molar-refractivity contribution in [2.45, 2.75) is 19.0 Å². The van der Waals surface area contributed by atoms with Gasteiger partial charge < -0.3 is 10.0 Å². The Morgan fingerprint density at radius 2 is 1.92 bits per heavy atom. The number of rotatable bonds is 3. The van der Waals surface area contributed by atoms with Crippen LogP contribution in [-0.2, 0) is 16.0 Å². The molecule has 2 aliphatic heterocycles. The molecule has 8 heteroatoms. The van der Waals surface area contributed by atoms with Crippen molar-refractivity contribution in [3.8, 4) is 0 Å². The van der Waals surface area contributed by atoms with Crippen LogP contribution >= 0.6 is 0 Å². The molecule has 136 valence electrons. The minimum Gasteiger partial charge on any atom is -0.481 e. The SMILES string of the molecule is O=C(O)[C@@H]1CN(CC(=O)N2CCCc3ccccc32)C[C@H]1C(F)(F)F. The number of anilines is 1. The van der Waals surface area contributed by atoms with Gasteiger partial charge in [0.05, 0.1) is 18.4 Å². The minimum absolute atomic E-state index is 0.204. The molecule has 1 fully saturated rings. The van der Waals surface area contributed by atoms with Gasteiger partial charge >= 0.3 is 12.1 Å². The number of aliphatic carboxylic acids is 1. The Balaban J connectivity index is 1.71. The summed E-state index contributed by atoms with van der Waals surface area (Å²) in [4.78, 5) is 26.6. The lowest BCUT2D eigenvalue weighted by Gasteiger charge is -2.31. The lowest BCUT2D eigenvalue weighted by molar-refractivity contribution is -0.188. The lowest BCUT2D eigenvalue weighted by Crippen LogP contribution is -2.42. The molecule has 1 saturated heterocycles. The summed E-state index contributed by atoms with van der Waals surface area (Å²) in [5, 5.41) is 9.06. The summed E-state index contributed by atoms with van der Waals surface area (Å²) >= 11 is 0. The lowest BCUT2D eigenvalue weighted by atomic mass is 9.96. The molecule has 1 aromatic carbocycles. The van der Waals surface area contributed by atoms with Crippen molar-refractivity contribution in [2.75, 3.05) is 31.1 Å². The predicted molar refractivity (Wildman–Crippen MR) is 84.2 cm³/mol. The first kappa shape index (κ1) is 17.7. The number of fused-ring (bicyclic) bond motifs is 1. The highest BCUT2D eigenvalue weighted by Gasteiger charge is 2.52. The number of carbonyl (C=O) groups excluding carboxylic acids is 1. The van der Waals surface area contributed by atoms with E-state index in [0.29, 0.717) is 6.54 Å². The Morgan fingerprint density at radius 1 is 1.20 bits per heavy atom. The number of amides is 1. The molecule has 0 radical (unpaired) electrons. The van der Waals surface area contributed by atoms with Crippen LogP contribution in [0.3, 0.4) is 0 Å². The molecule has 2 atom stereocenters. The number of halogens is 3. The second-order valence-corrected chi connectivity index (χ2v) is 6.56. The number of hydrogen-bond acceptors (Lipinski definition) is 3. The van der Waals surface area contributed by atoms with Crippen molar-refractivity contribution in [3.63, 3.8) is 0 Å². The number of carboxylic acid groups (broad SMARTS) is 1. The van der Waals surface area contributed by atoms with Gasteiger partial charge in [0, 0.05) is 25.3 Å². The van der Waals surface area contributed by atoms with Crippen LogP contribution in [0.4, 0.5) is 18.9 Å². The summed E-state index contributed by atoms with van der Waals surface area (Å²) in [5.41, 5.74) is 1.83. The topological polar surface area (TPSA) is 60.9 Å². The highest BCUT2D eigenvalue weighted by atomic mass is 19.4. The fourth-order valence-corrected chi connectivity index (χ4v) is 3.67. The molecule has 5 nitrogen and oxygen atoms in total.